The van der Waals surface area contributed by atoms with E-state index in [-0.39, 0.29) is 22.5 Å². The number of rotatable bonds is 10. The summed E-state index contributed by atoms with van der Waals surface area (Å²) in [4.78, 5) is 25.8. The first-order valence-electron chi connectivity index (χ1n) is 11.2. The predicted molar refractivity (Wildman–Crippen MR) is 136 cm³/mol. The summed E-state index contributed by atoms with van der Waals surface area (Å²) in [6.07, 6.45) is 0.757. The summed E-state index contributed by atoms with van der Waals surface area (Å²) in [5.41, 5.74) is 0.854. The molecule has 184 valence electrons. The zero-order chi connectivity index (χ0) is 25.4. The van der Waals surface area contributed by atoms with Crippen LogP contribution in [0.3, 0.4) is 0 Å². The number of carbonyl (C=O) groups excluding carboxylic acids is 2. The number of methoxy groups -OCH3 is 1. The predicted octanol–water partition coefficient (Wildman–Crippen LogP) is 4.06. The average Bonchev–Trinajstić information content (AvgIpc) is 2.87. The molecule has 3 aromatic rings. The first-order valence-corrected chi connectivity index (χ1v) is 12.6. The molecule has 0 saturated heterocycles. The summed E-state index contributed by atoms with van der Waals surface area (Å²) in [5.74, 6) is -0.476. The minimum Gasteiger partial charge on any atom is -0.497 e. The molecule has 0 bridgehead atoms. The molecule has 0 heterocycles. The van der Waals surface area contributed by atoms with Crippen LogP contribution >= 0.6 is 0 Å². The van der Waals surface area contributed by atoms with E-state index in [9.17, 15) is 18.0 Å². The van der Waals surface area contributed by atoms with Crippen LogP contribution in [0.25, 0.3) is 0 Å². The first-order chi connectivity index (χ1) is 16.8. The van der Waals surface area contributed by atoms with Gasteiger partial charge < -0.3 is 15.4 Å². The number of amides is 2. The highest BCUT2D eigenvalue weighted by molar-refractivity contribution is 7.92. The monoisotopic (exact) mass is 495 g/mol. The number of nitrogens with zero attached hydrogens (tertiary/aromatic N) is 1. The molecule has 0 aliphatic rings. The lowest BCUT2D eigenvalue weighted by atomic mass is 10.1. The van der Waals surface area contributed by atoms with Crippen molar-refractivity contribution in [1.29, 1.82) is 0 Å². The summed E-state index contributed by atoms with van der Waals surface area (Å²) >= 11 is 0. The van der Waals surface area contributed by atoms with Crippen molar-refractivity contribution >= 4 is 33.2 Å². The molecule has 0 radical (unpaired) electrons. The van der Waals surface area contributed by atoms with E-state index in [1.807, 2.05) is 13.8 Å². The third-order valence-electron chi connectivity index (χ3n) is 5.40. The number of para-hydroxylation sites is 1. The minimum atomic E-state index is -4.07. The lowest BCUT2D eigenvalue weighted by molar-refractivity contribution is -0.114. The molecule has 35 heavy (non-hydrogen) atoms. The lowest BCUT2D eigenvalue weighted by Gasteiger charge is -2.24. The molecule has 0 fully saturated rings. The zero-order valence-electron chi connectivity index (χ0n) is 19.9. The Balaban J connectivity index is 1.92. The van der Waals surface area contributed by atoms with E-state index in [1.54, 1.807) is 66.7 Å². The third-order valence-corrected chi connectivity index (χ3v) is 7.18. The lowest BCUT2D eigenvalue weighted by Crippen LogP contribution is -2.38. The Morgan fingerprint density at radius 1 is 0.971 bits per heavy atom. The van der Waals surface area contributed by atoms with Crippen LogP contribution in [0.15, 0.2) is 83.8 Å². The van der Waals surface area contributed by atoms with Gasteiger partial charge in [0.1, 0.15) is 12.3 Å². The van der Waals surface area contributed by atoms with Crippen LogP contribution in [0, 0.1) is 0 Å². The van der Waals surface area contributed by atoms with Crippen molar-refractivity contribution in [3.63, 3.8) is 0 Å². The Morgan fingerprint density at radius 2 is 1.66 bits per heavy atom. The normalized spacial score (nSPS) is 11.9. The molecule has 8 nitrogen and oxygen atoms in total. The fraction of sp³-hybridized carbons (Fsp3) is 0.231. The Morgan fingerprint density at radius 3 is 2.34 bits per heavy atom. The maximum absolute atomic E-state index is 13.5. The van der Waals surface area contributed by atoms with Crippen LogP contribution in [-0.4, -0.2) is 39.9 Å². The van der Waals surface area contributed by atoms with Crippen LogP contribution < -0.4 is 19.7 Å². The quantitative estimate of drug-likeness (QED) is 0.441. The van der Waals surface area contributed by atoms with E-state index in [0.717, 1.165) is 10.7 Å². The molecule has 2 amide bonds. The molecule has 0 unspecified atom stereocenters. The number of carbonyl (C=O) groups is 2. The SMILES string of the molecule is CC[C@@H](C)NC(=O)c1ccccc1NC(=O)CN(c1cccc(OC)c1)S(=O)(=O)c1ccccc1. The number of anilines is 2. The van der Waals surface area contributed by atoms with Gasteiger partial charge >= 0.3 is 0 Å². The van der Waals surface area contributed by atoms with Gasteiger partial charge in [0, 0.05) is 12.1 Å². The number of ether oxygens (including phenoxy) is 1. The Kier molecular flexibility index (Phi) is 8.48. The summed E-state index contributed by atoms with van der Waals surface area (Å²) in [5, 5.41) is 5.57. The first kappa shape index (κ1) is 25.8. The minimum absolute atomic E-state index is 0.0363. The van der Waals surface area contributed by atoms with Gasteiger partial charge in [-0.3, -0.25) is 13.9 Å². The van der Waals surface area contributed by atoms with Crippen molar-refractivity contribution in [3.8, 4) is 5.75 Å². The van der Waals surface area contributed by atoms with Crippen LogP contribution in [0.4, 0.5) is 11.4 Å². The highest BCUT2D eigenvalue weighted by Gasteiger charge is 2.28. The molecule has 3 aromatic carbocycles. The zero-order valence-corrected chi connectivity index (χ0v) is 20.7. The van der Waals surface area contributed by atoms with Gasteiger partial charge in [-0.1, -0.05) is 43.3 Å². The van der Waals surface area contributed by atoms with Crippen LogP contribution in [0.5, 0.6) is 5.75 Å². The maximum atomic E-state index is 13.5. The van der Waals surface area contributed by atoms with Crippen LogP contribution in [0.2, 0.25) is 0 Å². The highest BCUT2D eigenvalue weighted by Crippen LogP contribution is 2.27. The van der Waals surface area contributed by atoms with Gasteiger partial charge in [-0.25, -0.2) is 8.42 Å². The van der Waals surface area contributed by atoms with Crippen molar-refractivity contribution in [2.24, 2.45) is 0 Å². The number of sulfonamides is 1. The Hall–Kier alpha value is -3.85. The standard InChI is InChI=1S/C26H29N3O5S/c1-4-19(2)27-26(31)23-15-8-9-16-24(23)28-25(30)18-29(20-11-10-12-21(17-20)34-3)35(32,33)22-13-6-5-7-14-22/h5-17,19H,4,18H2,1-3H3,(H,27,31)(H,28,30)/t19-/m1/s1. The van der Waals surface area contributed by atoms with Crippen molar-refractivity contribution in [2.75, 3.05) is 23.3 Å². The fourth-order valence-corrected chi connectivity index (χ4v) is 4.75. The van der Waals surface area contributed by atoms with Gasteiger partial charge in [-0.15, -0.1) is 0 Å². The Bertz CT molecular complexity index is 1280. The third kappa shape index (κ3) is 6.39. The van der Waals surface area contributed by atoms with Gasteiger partial charge in [-0.2, -0.15) is 0 Å². The largest absolute Gasteiger partial charge is 0.497 e. The molecule has 0 spiro atoms. The second kappa shape index (κ2) is 11.5. The van der Waals surface area contributed by atoms with E-state index in [0.29, 0.717) is 17.0 Å². The van der Waals surface area contributed by atoms with Crippen LogP contribution in [-0.2, 0) is 14.8 Å². The molecule has 0 aromatic heterocycles. The fourth-order valence-electron chi connectivity index (χ4n) is 3.31. The number of hydrogen-bond acceptors (Lipinski definition) is 5. The maximum Gasteiger partial charge on any atom is 0.264 e. The van der Waals surface area contributed by atoms with E-state index >= 15 is 0 Å². The van der Waals surface area contributed by atoms with Crippen LogP contribution in [0.1, 0.15) is 30.6 Å². The van der Waals surface area contributed by atoms with Gasteiger partial charge in [0.15, 0.2) is 0 Å². The molecule has 0 aliphatic carbocycles. The van der Waals surface area contributed by atoms with Crippen molar-refractivity contribution in [1.82, 2.24) is 5.32 Å². The van der Waals surface area contributed by atoms with Gasteiger partial charge in [-0.05, 0) is 49.7 Å². The molecular formula is C26H29N3O5S. The second-order valence-electron chi connectivity index (χ2n) is 7.90. The average molecular weight is 496 g/mol. The summed E-state index contributed by atoms with van der Waals surface area (Å²) in [7, 11) is -2.60. The van der Waals surface area contributed by atoms with Gasteiger partial charge in [0.25, 0.3) is 15.9 Å². The molecule has 3 rings (SSSR count). The smallest absolute Gasteiger partial charge is 0.264 e. The number of benzene rings is 3. The van der Waals surface area contributed by atoms with E-state index in [2.05, 4.69) is 10.6 Å². The molecule has 0 aliphatic heterocycles. The van der Waals surface area contributed by atoms with Crippen molar-refractivity contribution in [2.45, 2.75) is 31.2 Å². The van der Waals surface area contributed by atoms with E-state index in [4.69, 9.17) is 4.74 Å². The summed E-state index contributed by atoms with van der Waals surface area (Å²) in [6.45, 7) is 3.34. The molecule has 0 saturated carbocycles. The van der Waals surface area contributed by atoms with E-state index < -0.39 is 22.5 Å². The van der Waals surface area contributed by atoms with Gasteiger partial charge in [0.05, 0.1) is 28.9 Å². The van der Waals surface area contributed by atoms with Gasteiger partial charge in [0.2, 0.25) is 5.91 Å². The summed E-state index contributed by atoms with van der Waals surface area (Å²) in [6, 6.07) is 20.9. The number of hydrogen-bond donors (Lipinski definition) is 2. The molecule has 2 N–H and O–H groups in total. The molecule has 9 heteroatoms. The van der Waals surface area contributed by atoms with E-state index in [1.165, 1.54) is 19.2 Å². The second-order valence-corrected chi connectivity index (χ2v) is 9.77. The molecular weight excluding hydrogens is 466 g/mol. The topological polar surface area (TPSA) is 105 Å². The Labute approximate surface area is 206 Å². The summed E-state index contributed by atoms with van der Waals surface area (Å²) < 4.78 is 33.2. The van der Waals surface area contributed by atoms with Crippen molar-refractivity contribution < 1.29 is 22.7 Å². The molecule has 1 atom stereocenters. The highest BCUT2D eigenvalue weighted by atomic mass is 32.2. The van der Waals surface area contributed by atoms with Crippen molar-refractivity contribution in [3.05, 3.63) is 84.4 Å². The number of nitrogens with one attached hydrogen (secondary N) is 2.